The Morgan fingerprint density at radius 3 is 3.06 bits per heavy atom. The molecule has 78 valence electrons. The van der Waals surface area contributed by atoms with E-state index in [0.717, 1.165) is 22.4 Å². The first-order chi connectivity index (χ1) is 7.92. The van der Waals surface area contributed by atoms with E-state index in [-0.39, 0.29) is 0 Å². The van der Waals surface area contributed by atoms with Crippen LogP contribution >= 0.6 is 0 Å². The van der Waals surface area contributed by atoms with Gasteiger partial charge in [0.15, 0.2) is 5.65 Å². The number of fused-ring (bicyclic) bond motifs is 1. The highest BCUT2D eigenvalue weighted by molar-refractivity contribution is 5.72. The third-order valence-electron chi connectivity index (χ3n) is 2.33. The first-order valence-corrected chi connectivity index (χ1v) is 4.96. The van der Waals surface area contributed by atoms with E-state index in [1.54, 1.807) is 18.6 Å². The molecule has 5 nitrogen and oxygen atoms in total. The van der Waals surface area contributed by atoms with E-state index in [2.05, 4.69) is 25.1 Å². The minimum absolute atomic E-state index is 0.683. The van der Waals surface area contributed by atoms with E-state index in [4.69, 9.17) is 0 Å². The van der Waals surface area contributed by atoms with Crippen molar-refractivity contribution in [1.82, 2.24) is 25.1 Å². The molecule has 0 bridgehead atoms. The largest absolute Gasteiger partial charge is 0.264 e. The predicted molar refractivity (Wildman–Crippen MR) is 58.7 cm³/mol. The Balaban J connectivity index is 1.94. The Morgan fingerprint density at radius 1 is 1.19 bits per heavy atom. The molecule has 0 saturated heterocycles. The van der Waals surface area contributed by atoms with Crippen LogP contribution in [0.5, 0.6) is 0 Å². The van der Waals surface area contributed by atoms with Crippen LogP contribution < -0.4 is 0 Å². The highest BCUT2D eigenvalue weighted by atomic mass is 15.1. The molecule has 0 aromatic carbocycles. The second kappa shape index (κ2) is 3.69. The quantitative estimate of drug-likeness (QED) is 0.694. The standard InChI is InChI=1S/C11H9N5/c1-2-8(5-12-3-1)4-10-13-6-9-7-14-16-11(9)15-10/h1-3,5-7H,4H2,(H,13,14,15,16). The fourth-order valence-electron chi connectivity index (χ4n) is 1.55. The highest BCUT2D eigenvalue weighted by Gasteiger charge is 2.02. The van der Waals surface area contributed by atoms with E-state index in [1.165, 1.54) is 0 Å². The van der Waals surface area contributed by atoms with Crippen molar-refractivity contribution in [1.29, 1.82) is 0 Å². The number of hydrogen-bond acceptors (Lipinski definition) is 4. The lowest BCUT2D eigenvalue weighted by Gasteiger charge is -1.99. The summed E-state index contributed by atoms with van der Waals surface area (Å²) in [5.41, 5.74) is 1.87. The topological polar surface area (TPSA) is 67.3 Å². The van der Waals surface area contributed by atoms with Crippen molar-refractivity contribution in [3.63, 3.8) is 0 Å². The summed E-state index contributed by atoms with van der Waals surface area (Å²) in [4.78, 5) is 12.7. The lowest BCUT2D eigenvalue weighted by Crippen LogP contribution is -1.96. The van der Waals surface area contributed by atoms with Crippen LogP contribution in [0.25, 0.3) is 11.0 Å². The third-order valence-corrected chi connectivity index (χ3v) is 2.33. The number of nitrogens with zero attached hydrogens (tertiary/aromatic N) is 4. The van der Waals surface area contributed by atoms with Crippen molar-refractivity contribution in [2.75, 3.05) is 0 Å². The number of nitrogens with one attached hydrogen (secondary N) is 1. The molecule has 1 N–H and O–H groups in total. The minimum Gasteiger partial charge on any atom is -0.264 e. The van der Waals surface area contributed by atoms with Crippen LogP contribution in [0.15, 0.2) is 36.9 Å². The zero-order chi connectivity index (χ0) is 10.8. The third kappa shape index (κ3) is 1.63. The lowest BCUT2D eigenvalue weighted by molar-refractivity contribution is 0.971. The fourth-order valence-corrected chi connectivity index (χ4v) is 1.55. The van der Waals surface area contributed by atoms with Gasteiger partial charge >= 0.3 is 0 Å². The first kappa shape index (κ1) is 8.96. The van der Waals surface area contributed by atoms with Crippen molar-refractivity contribution in [3.8, 4) is 0 Å². The van der Waals surface area contributed by atoms with Crippen LogP contribution in [0.4, 0.5) is 0 Å². The van der Waals surface area contributed by atoms with Gasteiger partial charge in [-0.25, -0.2) is 9.97 Å². The maximum atomic E-state index is 4.37. The molecule has 0 aliphatic carbocycles. The first-order valence-electron chi connectivity index (χ1n) is 4.96. The number of hydrogen-bond donors (Lipinski definition) is 1. The summed E-state index contributed by atoms with van der Waals surface area (Å²) in [6.45, 7) is 0. The van der Waals surface area contributed by atoms with E-state index in [0.29, 0.717) is 6.42 Å². The molecule has 3 aromatic heterocycles. The Morgan fingerprint density at radius 2 is 2.19 bits per heavy atom. The smallest absolute Gasteiger partial charge is 0.158 e. The van der Waals surface area contributed by atoms with Gasteiger partial charge in [0.05, 0.1) is 11.6 Å². The summed E-state index contributed by atoms with van der Waals surface area (Å²) in [7, 11) is 0. The molecule has 0 aliphatic rings. The average Bonchev–Trinajstić information content (AvgIpc) is 2.77. The molecule has 3 aromatic rings. The molecule has 0 amide bonds. The summed E-state index contributed by atoms with van der Waals surface area (Å²) >= 11 is 0. The summed E-state index contributed by atoms with van der Waals surface area (Å²) in [6.07, 6.45) is 7.74. The van der Waals surface area contributed by atoms with Crippen LogP contribution in [-0.4, -0.2) is 25.1 Å². The van der Waals surface area contributed by atoms with E-state index in [1.807, 2.05) is 18.3 Å². The molecule has 3 heterocycles. The molecule has 16 heavy (non-hydrogen) atoms. The Hall–Kier alpha value is -2.30. The van der Waals surface area contributed by atoms with Crippen molar-refractivity contribution in [3.05, 3.63) is 48.3 Å². The van der Waals surface area contributed by atoms with Crippen molar-refractivity contribution in [2.24, 2.45) is 0 Å². The highest BCUT2D eigenvalue weighted by Crippen LogP contribution is 2.08. The normalized spacial score (nSPS) is 10.8. The van der Waals surface area contributed by atoms with Gasteiger partial charge in [0, 0.05) is 25.0 Å². The average molecular weight is 211 g/mol. The second-order valence-electron chi connectivity index (χ2n) is 3.50. The molecule has 3 rings (SSSR count). The van der Waals surface area contributed by atoms with Gasteiger partial charge in [-0.1, -0.05) is 6.07 Å². The van der Waals surface area contributed by atoms with Gasteiger partial charge in [-0.05, 0) is 11.6 Å². The Bertz CT molecular complexity index is 602. The van der Waals surface area contributed by atoms with E-state index < -0.39 is 0 Å². The SMILES string of the molecule is c1cncc(Cc2ncc3cn[nH]c3n2)c1. The van der Waals surface area contributed by atoms with Gasteiger partial charge in [0.2, 0.25) is 0 Å². The van der Waals surface area contributed by atoms with Crippen LogP contribution in [-0.2, 0) is 6.42 Å². The van der Waals surface area contributed by atoms with Crippen molar-refractivity contribution >= 4 is 11.0 Å². The van der Waals surface area contributed by atoms with E-state index >= 15 is 0 Å². The van der Waals surface area contributed by atoms with Gasteiger partial charge in [0.1, 0.15) is 5.82 Å². The molecule has 0 fully saturated rings. The molecular weight excluding hydrogens is 202 g/mol. The van der Waals surface area contributed by atoms with Crippen LogP contribution in [0.3, 0.4) is 0 Å². The number of rotatable bonds is 2. The predicted octanol–water partition coefficient (Wildman–Crippen LogP) is 1.34. The van der Waals surface area contributed by atoms with Gasteiger partial charge in [-0.2, -0.15) is 5.10 Å². The molecule has 0 aliphatic heterocycles. The summed E-state index contributed by atoms with van der Waals surface area (Å²) in [6, 6.07) is 3.91. The Kier molecular flexibility index (Phi) is 2.07. The Labute approximate surface area is 91.6 Å². The number of H-pyrrole nitrogens is 1. The molecule has 0 unspecified atom stereocenters. The molecular formula is C11H9N5. The summed E-state index contributed by atoms with van der Waals surface area (Å²) in [5.74, 6) is 0.768. The van der Waals surface area contributed by atoms with Crippen LogP contribution in [0, 0.1) is 0 Å². The molecule has 0 atom stereocenters. The summed E-state index contributed by atoms with van der Waals surface area (Å²) < 4.78 is 0. The molecule has 0 spiro atoms. The van der Waals surface area contributed by atoms with Crippen molar-refractivity contribution in [2.45, 2.75) is 6.42 Å². The van der Waals surface area contributed by atoms with Crippen LogP contribution in [0.1, 0.15) is 11.4 Å². The molecule has 0 saturated carbocycles. The molecule has 5 heteroatoms. The van der Waals surface area contributed by atoms with Crippen molar-refractivity contribution < 1.29 is 0 Å². The maximum Gasteiger partial charge on any atom is 0.158 e. The van der Waals surface area contributed by atoms with Gasteiger partial charge in [-0.3, -0.25) is 10.1 Å². The zero-order valence-electron chi connectivity index (χ0n) is 8.46. The zero-order valence-corrected chi connectivity index (χ0v) is 8.46. The fraction of sp³-hybridized carbons (Fsp3) is 0.0909. The second-order valence-corrected chi connectivity index (χ2v) is 3.50. The van der Waals surface area contributed by atoms with Crippen LogP contribution in [0.2, 0.25) is 0 Å². The number of aromatic amines is 1. The summed E-state index contributed by atoms with van der Waals surface area (Å²) in [5, 5.41) is 7.66. The molecule has 0 radical (unpaired) electrons. The maximum absolute atomic E-state index is 4.37. The monoisotopic (exact) mass is 211 g/mol. The van der Waals surface area contributed by atoms with Gasteiger partial charge in [0.25, 0.3) is 0 Å². The van der Waals surface area contributed by atoms with E-state index in [9.17, 15) is 0 Å². The van der Waals surface area contributed by atoms with Gasteiger partial charge < -0.3 is 0 Å². The lowest BCUT2D eigenvalue weighted by atomic mass is 10.2. The number of aromatic nitrogens is 5. The number of pyridine rings is 1. The van der Waals surface area contributed by atoms with Gasteiger partial charge in [-0.15, -0.1) is 0 Å². The minimum atomic E-state index is 0.683.